The van der Waals surface area contributed by atoms with E-state index in [4.69, 9.17) is 0 Å². The molecule has 3 aromatic rings. The number of halogens is 1. The molecule has 0 bridgehead atoms. The van der Waals surface area contributed by atoms with Crippen molar-refractivity contribution in [2.45, 2.75) is 24.9 Å². The van der Waals surface area contributed by atoms with Crippen LogP contribution in [-0.4, -0.2) is 19.9 Å². The van der Waals surface area contributed by atoms with Crippen LogP contribution >= 0.6 is 0 Å². The third-order valence-electron chi connectivity index (χ3n) is 4.48. The Morgan fingerprint density at radius 1 is 1.15 bits per heavy atom. The van der Waals surface area contributed by atoms with Gasteiger partial charge in [0.2, 0.25) is 5.91 Å². The van der Waals surface area contributed by atoms with Crippen LogP contribution in [0.25, 0.3) is 5.69 Å². The van der Waals surface area contributed by atoms with Crippen molar-refractivity contribution in [3.63, 3.8) is 0 Å². The molecule has 4 rings (SSSR count). The minimum absolute atomic E-state index is 0.122. The molecule has 0 fully saturated rings. The normalized spacial score (nSPS) is 15.6. The van der Waals surface area contributed by atoms with Crippen LogP contribution in [0.5, 0.6) is 0 Å². The number of aromatic nitrogens is 2. The summed E-state index contributed by atoms with van der Waals surface area (Å²) in [6.45, 7) is 2.00. The second-order valence-corrected chi connectivity index (χ2v) is 8.06. The van der Waals surface area contributed by atoms with Gasteiger partial charge in [0.25, 0.3) is 0 Å². The zero-order valence-corrected chi connectivity index (χ0v) is 15.6. The summed E-state index contributed by atoms with van der Waals surface area (Å²) in [5.74, 6) is 0.779. The van der Waals surface area contributed by atoms with Gasteiger partial charge in [0.05, 0.1) is 29.3 Å². The van der Waals surface area contributed by atoms with E-state index in [9.17, 15) is 13.4 Å². The van der Waals surface area contributed by atoms with E-state index < -0.39 is 10.8 Å². The fourth-order valence-corrected chi connectivity index (χ4v) is 4.36. The molecule has 1 N–H and O–H groups in total. The van der Waals surface area contributed by atoms with Gasteiger partial charge in [0, 0.05) is 16.4 Å². The average Bonchev–Trinajstić information content (AvgIpc) is 3.15. The van der Waals surface area contributed by atoms with Gasteiger partial charge in [-0.05, 0) is 36.8 Å². The first-order valence-corrected chi connectivity index (χ1v) is 10.1. The van der Waals surface area contributed by atoms with Gasteiger partial charge >= 0.3 is 0 Å². The molecule has 27 heavy (non-hydrogen) atoms. The zero-order valence-electron chi connectivity index (χ0n) is 14.7. The molecule has 0 saturated heterocycles. The Morgan fingerprint density at radius 2 is 1.85 bits per heavy atom. The van der Waals surface area contributed by atoms with Crippen LogP contribution in [0, 0.1) is 12.7 Å². The third-order valence-corrected chi connectivity index (χ3v) is 5.69. The molecule has 1 aliphatic rings. The summed E-state index contributed by atoms with van der Waals surface area (Å²) in [5, 5.41) is 7.49. The second kappa shape index (κ2) is 7.08. The lowest BCUT2D eigenvalue weighted by Crippen LogP contribution is -2.18. The van der Waals surface area contributed by atoms with Crippen LogP contribution < -0.4 is 5.32 Å². The molecule has 0 aliphatic carbocycles. The van der Waals surface area contributed by atoms with E-state index in [1.165, 1.54) is 12.1 Å². The summed E-state index contributed by atoms with van der Waals surface area (Å²) in [5.41, 5.74) is 4.25. The second-order valence-electron chi connectivity index (χ2n) is 6.60. The number of nitrogens with one attached hydrogen (secondary N) is 1. The van der Waals surface area contributed by atoms with Gasteiger partial charge in [0.15, 0.2) is 0 Å². The molecule has 0 spiro atoms. The lowest BCUT2D eigenvalue weighted by atomic mass is 10.1. The van der Waals surface area contributed by atoms with E-state index >= 15 is 0 Å². The van der Waals surface area contributed by atoms with Crippen molar-refractivity contribution >= 4 is 22.5 Å². The van der Waals surface area contributed by atoms with Crippen LogP contribution in [-0.2, 0) is 33.5 Å². The molecule has 0 radical (unpaired) electrons. The number of benzene rings is 2. The van der Waals surface area contributed by atoms with Crippen molar-refractivity contribution in [1.29, 1.82) is 0 Å². The monoisotopic (exact) mass is 383 g/mol. The van der Waals surface area contributed by atoms with Crippen LogP contribution in [0.15, 0.2) is 48.5 Å². The highest BCUT2D eigenvalue weighted by molar-refractivity contribution is 7.83. The molecular weight excluding hydrogens is 365 g/mol. The Morgan fingerprint density at radius 3 is 2.56 bits per heavy atom. The van der Waals surface area contributed by atoms with Crippen LogP contribution in [0.3, 0.4) is 0 Å². The molecule has 1 unspecified atom stereocenters. The maximum Gasteiger partial charge on any atom is 0.229 e. The van der Waals surface area contributed by atoms with Crippen molar-refractivity contribution in [1.82, 2.24) is 9.78 Å². The minimum Gasteiger partial charge on any atom is -0.310 e. The molecule has 0 saturated carbocycles. The minimum atomic E-state index is -0.991. The first-order valence-electron chi connectivity index (χ1n) is 8.56. The first kappa shape index (κ1) is 17.6. The lowest BCUT2D eigenvalue weighted by Gasteiger charge is -2.11. The van der Waals surface area contributed by atoms with Crippen molar-refractivity contribution in [3.8, 4) is 5.69 Å². The molecule has 5 nitrogen and oxygen atoms in total. The Hall–Kier alpha value is -2.80. The molecule has 1 aromatic heterocycles. The van der Waals surface area contributed by atoms with Crippen molar-refractivity contribution in [2.24, 2.45) is 0 Å². The SMILES string of the molecule is Cc1ccc(-n2nc3c(c2NC(=O)Cc2ccc(F)cc2)CS(=O)C3)cc1. The number of carbonyl (C=O) groups is 1. The number of aryl methyl sites for hydroxylation is 1. The van der Waals surface area contributed by atoms with E-state index in [1.54, 1.807) is 16.8 Å². The predicted molar refractivity (Wildman–Crippen MR) is 103 cm³/mol. The Bertz CT molecular complexity index is 1030. The Kier molecular flexibility index (Phi) is 4.61. The molecular formula is C20H18FN3O2S. The van der Waals surface area contributed by atoms with E-state index in [0.717, 1.165) is 28.1 Å². The number of nitrogens with zero attached hydrogens (tertiary/aromatic N) is 2. The summed E-state index contributed by atoms with van der Waals surface area (Å²) < 4.78 is 26.7. The van der Waals surface area contributed by atoms with Crippen molar-refractivity contribution < 1.29 is 13.4 Å². The van der Waals surface area contributed by atoms with Gasteiger partial charge in [-0.25, -0.2) is 9.07 Å². The van der Waals surface area contributed by atoms with Crippen LogP contribution in [0.1, 0.15) is 22.4 Å². The Labute approximate surface area is 158 Å². The van der Waals surface area contributed by atoms with Crippen LogP contribution in [0.2, 0.25) is 0 Å². The Balaban J connectivity index is 1.64. The van der Waals surface area contributed by atoms with Gasteiger partial charge in [-0.2, -0.15) is 5.10 Å². The number of hydrogen-bond donors (Lipinski definition) is 1. The first-order chi connectivity index (χ1) is 13.0. The van der Waals surface area contributed by atoms with Gasteiger partial charge in [0.1, 0.15) is 11.6 Å². The highest BCUT2D eigenvalue weighted by Crippen LogP contribution is 2.31. The summed E-state index contributed by atoms with van der Waals surface area (Å²) in [7, 11) is -0.991. The van der Waals surface area contributed by atoms with Gasteiger partial charge in [-0.1, -0.05) is 29.8 Å². The molecule has 1 amide bonds. The van der Waals surface area contributed by atoms with Crippen molar-refractivity contribution in [3.05, 3.63) is 76.7 Å². The highest BCUT2D eigenvalue weighted by atomic mass is 32.2. The number of fused-ring (bicyclic) bond motifs is 1. The largest absolute Gasteiger partial charge is 0.310 e. The molecule has 1 atom stereocenters. The van der Waals surface area contributed by atoms with Gasteiger partial charge in [-0.3, -0.25) is 9.00 Å². The topological polar surface area (TPSA) is 64.0 Å². The van der Waals surface area contributed by atoms with Gasteiger partial charge in [-0.15, -0.1) is 0 Å². The quantitative estimate of drug-likeness (QED) is 0.752. The lowest BCUT2D eigenvalue weighted by molar-refractivity contribution is -0.115. The molecule has 2 aromatic carbocycles. The predicted octanol–water partition coefficient (Wildman–Crippen LogP) is 3.26. The van der Waals surface area contributed by atoms with Gasteiger partial charge < -0.3 is 5.32 Å². The van der Waals surface area contributed by atoms with E-state index in [-0.39, 0.29) is 18.1 Å². The number of hydrogen-bond acceptors (Lipinski definition) is 3. The molecule has 2 heterocycles. The fraction of sp³-hybridized carbons (Fsp3) is 0.200. The summed E-state index contributed by atoms with van der Waals surface area (Å²) in [4.78, 5) is 12.6. The molecule has 138 valence electrons. The molecule has 1 aliphatic heterocycles. The smallest absolute Gasteiger partial charge is 0.229 e. The maximum absolute atomic E-state index is 13.0. The standard InChI is InChI=1S/C20H18FN3O2S/c1-13-2-8-16(9-3-13)24-20(17-11-27(26)12-18(17)23-24)22-19(25)10-14-4-6-15(21)7-5-14/h2-9H,10-12H2,1H3,(H,22,25). The van der Waals surface area contributed by atoms with Crippen LogP contribution in [0.4, 0.5) is 10.2 Å². The average molecular weight is 383 g/mol. The van der Waals surface area contributed by atoms with Crippen molar-refractivity contribution in [2.75, 3.05) is 5.32 Å². The number of amides is 1. The maximum atomic E-state index is 13.0. The number of carbonyl (C=O) groups excluding carboxylic acids is 1. The fourth-order valence-electron chi connectivity index (χ4n) is 3.09. The van der Waals surface area contributed by atoms with E-state index in [1.807, 2.05) is 31.2 Å². The molecule has 7 heteroatoms. The number of rotatable bonds is 4. The summed E-state index contributed by atoms with van der Waals surface area (Å²) in [6, 6.07) is 13.7. The van der Waals surface area contributed by atoms with E-state index in [2.05, 4.69) is 10.4 Å². The zero-order chi connectivity index (χ0) is 19.0. The highest BCUT2D eigenvalue weighted by Gasteiger charge is 2.28. The summed E-state index contributed by atoms with van der Waals surface area (Å²) in [6.07, 6.45) is 0.122. The summed E-state index contributed by atoms with van der Waals surface area (Å²) >= 11 is 0. The number of anilines is 1. The van der Waals surface area contributed by atoms with E-state index in [0.29, 0.717) is 17.3 Å². The third kappa shape index (κ3) is 3.68.